The number of rotatable bonds is 6. The van der Waals surface area contributed by atoms with Crippen molar-refractivity contribution < 1.29 is 19.0 Å². The van der Waals surface area contributed by atoms with Crippen molar-refractivity contribution in [1.82, 2.24) is 4.90 Å². The molecule has 4 rings (SSSR count). The van der Waals surface area contributed by atoms with E-state index in [-0.39, 0.29) is 11.5 Å². The maximum Gasteiger partial charge on any atom is 0.226 e. The fraction of sp³-hybridized carbons (Fsp3) is 0.857. The summed E-state index contributed by atoms with van der Waals surface area (Å²) in [6.07, 6.45) is 10.9. The van der Waals surface area contributed by atoms with E-state index in [4.69, 9.17) is 14.2 Å². The van der Waals surface area contributed by atoms with E-state index in [0.717, 1.165) is 78.2 Å². The molecule has 26 heavy (non-hydrogen) atoms. The van der Waals surface area contributed by atoms with Gasteiger partial charge in [0.25, 0.3) is 0 Å². The van der Waals surface area contributed by atoms with Gasteiger partial charge in [0.1, 0.15) is 5.60 Å². The van der Waals surface area contributed by atoms with Crippen molar-refractivity contribution in [2.75, 3.05) is 46.1 Å². The molecule has 5 heteroatoms. The van der Waals surface area contributed by atoms with Crippen LogP contribution in [0.15, 0.2) is 11.6 Å². The lowest BCUT2D eigenvalue weighted by Crippen LogP contribution is -2.66. The Morgan fingerprint density at radius 2 is 2.00 bits per heavy atom. The first-order chi connectivity index (χ1) is 12.8. The lowest BCUT2D eigenvalue weighted by molar-refractivity contribution is -0.168. The molecule has 4 aliphatic rings. The molecule has 3 fully saturated rings. The fourth-order valence-corrected chi connectivity index (χ4v) is 4.81. The van der Waals surface area contributed by atoms with E-state index >= 15 is 0 Å². The zero-order valence-electron chi connectivity index (χ0n) is 15.9. The Labute approximate surface area is 157 Å². The van der Waals surface area contributed by atoms with Crippen molar-refractivity contribution in [1.29, 1.82) is 0 Å². The molecule has 5 nitrogen and oxygen atoms in total. The van der Waals surface area contributed by atoms with Gasteiger partial charge in [-0.15, -0.1) is 0 Å². The lowest BCUT2D eigenvalue weighted by atomic mass is 9.80. The van der Waals surface area contributed by atoms with Crippen LogP contribution >= 0.6 is 0 Å². The third kappa shape index (κ3) is 4.15. The van der Waals surface area contributed by atoms with Gasteiger partial charge in [0, 0.05) is 38.8 Å². The molecule has 0 radical (unpaired) electrons. The maximum atomic E-state index is 12.5. The molecular formula is C21H33NO4. The minimum atomic E-state index is -0.133. The largest absolute Gasteiger partial charge is 0.381 e. The number of hydrogen-bond donors (Lipinski definition) is 0. The highest BCUT2D eigenvalue weighted by Gasteiger charge is 2.54. The number of ether oxygens (including phenoxy) is 3. The zero-order chi connectivity index (χ0) is 17.8. The van der Waals surface area contributed by atoms with Crippen LogP contribution < -0.4 is 0 Å². The molecule has 0 aromatic heterocycles. The molecule has 3 aliphatic heterocycles. The number of likely N-dealkylation sites (tertiary alicyclic amines) is 1. The summed E-state index contributed by atoms with van der Waals surface area (Å²) < 4.78 is 17.6. The summed E-state index contributed by atoms with van der Waals surface area (Å²) in [7, 11) is 0. The van der Waals surface area contributed by atoms with Crippen LogP contribution in [0.1, 0.15) is 51.4 Å². The van der Waals surface area contributed by atoms with Crippen LogP contribution in [-0.4, -0.2) is 62.5 Å². The molecule has 0 saturated carbocycles. The molecule has 3 saturated heterocycles. The molecule has 1 unspecified atom stereocenters. The summed E-state index contributed by atoms with van der Waals surface area (Å²) in [5.74, 6) is 1.35. The molecule has 1 aliphatic carbocycles. The Balaban J connectivity index is 1.21. The average Bonchev–Trinajstić information content (AvgIpc) is 3.06. The predicted octanol–water partition coefficient (Wildman–Crippen LogP) is 2.94. The van der Waals surface area contributed by atoms with E-state index in [2.05, 4.69) is 6.08 Å². The first-order valence-corrected chi connectivity index (χ1v) is 10.5. The number of carbonyl (C=O) groups excluding carboxylic acids is 1. The van der Waals surface area contributed by atoms with E-state index in [1.165, 1.54) is 18.4 Å². The third-order valence-electron chi connectivity index (χ3n) is 6.65. The van der Waals surface area contributed by atoms with Crippen molar-refractivity contribution in [2.24, 2.45) is 11.8 Å². The second-order valence-corrected chi connectivity index (χ2v) is 8.53. The van der Waals surface area contributed by atoms with Gasteiger partial charge in [-0.25, -0.2) is 0 Å². The predicted molar refractivity (Wildman–Crippen MR) is 98.9 cm³/mol. The SMILES string of the molecule is O=C(CC1=CCCCC1)N1CC2(C1)OCCC2COCC1CCOCC1. The van der Waals surface area contributed by atoms with E-state index in [1.54, 1.807) is 0 Å². The highest BCUT2D eigenvalue weighted by atomic mass is 16.5. The number of amides is 1. The van der Waals surface area contributed by atoms with Gasteiger partial charge in [-0.1, -0.05) is 11.6 Å². The normalized spacial score (nSPS) is 28.8. The van der Waals surface area contributed by atoms with Gasteiger partial charge >= 0.3 is 0 Å². The van der Waals surface area contributed by atoms with Crippen LogP contribution in [0.4, 0.5) is 0 Å². The molecule has 0 N–H and O–H groups in total. The lowest BCUT2D eigenvalue weighted by Gasteiger charge is -2.50. The van der Waals surface area contributed by atoms with Crippen LogP contribution in [0.5, 0.6) is 0 Å². The molecule has 0 bridgehead atoms. The van der Waals surface area contributed by atoms with Gasteiger partial charge < -0.3 is 19.1 Å². The van der Waals surface area contributed by atoms with Crippen molar-refractivity contribution in [3.8, 4) is 0 Å². The van der Waals surface area contributed by atoms with E-state index in [1.807, 2.05) is 4.90 Å². The smallest absolute Gasteiger partial charge is 0.226 e. The van der Waals surface area contributed by atoms with Gasteiger partial charge in [0.15, 0.2) is 0 Å². The van der Waals surface area contributed by atoms with E-state index < -0.39 is 0 Å². The van der Waals surface area contributed by atoms with Crippen LogP contribution in [0, 0.1) is 11.8 Å². The number of hydrogen-bond acceptors (Lipinski definition) is 4. The highest BCUT2D eigenvalue weighted by molar-refractivity contribution is 5.80. The summed E-state index contributed by atoms with van der Waals surface area (Å²) in [5.41, 5.74) is 1.21. The highest BCUT2D eigenvalue weighted by Crippen LogP contribution is 2.40. The summed E-state index contributed by atoms with van der Waals surface area (Å²) >= 11 is 0. The quantitative estimate of drug-likeness (QED) is 0.681. The molecule has 1 atom stereocenters. The van der Waals surface area contributed by atoms with Crippen LogP contribution in [-0.2, 0) is 19.0 Å². The number of allylic oxidation sites excluding steroid dienone is 1. The molecule has 3 heterocycles. The molecule has 1 spiro atoms. The van der Waals surface area contributed by atoms with Gasteiger partial charge in [0.05, 0.1) is 19.7 Å². The zero-order valence-corrected chi connectivity index (χ0v) is 15.9. The second kappa shape index (κ2) is 8.41. The Bertz CT molecular complexity index is 520. The van der Waals surface area contributed by atoms with Crippen LogP contribution in [0.2, 0.25) is 0 Å². The average molecular weight is 363 g/mol. The minimum absolute atomic E-state index is 0.133. The fourth-order valence-electron chi connectivity index (χ4n) is 4.81. The topological polar surface area (TPSA) is 48.0 Å². The number of carbonyl (C=O) groups is 1. The van der Waals surface area contributed by atoms with Crippen molar-refractivity contribution in [3.63, 3.8) is 0 Å². The third-order valence-corrected chi connectivity index (χ3v) is 6.65. The molecule has 0 aromatic carbocycles. The van der Waals surface area contributed by atoms with E-state index in [0.29, 0.717) is 18.3 Å². The Hall–Kier alpha value is -0.910. The summed E-state index contributed by atoms with van der Waals surface area (Å²) in [5, 5.41) is 0. The first-order valence-electron chi connectivity index (χ1n) is 10.5. The van der Waals surface area contributed by atoms with E-state index in [9.17, 15) is 4.79 Å². The van der Waals surface area contributed by atoms with Crippen molar-refractivity contribution in [3.05, 3.63) is 11.6 Å². The molecular weight excluding hydrogens is 330 g/mol. The molecule has 0 aromatic rings. The summed E-state index contributed by atoms with van der Waals surface area (Å²) in [6.45, 7) is 5.67. The van der Waals surface area contributed by atoms with Crippen LogP contribution in [0.3, 0.4) is 0 Å². The standard InChI is InChI=1S/C21H33NO4/c23-20(12-17-4-2-1-3-5-17)22-15-21(16-22)19(8-11-26-21)14-25-13-18-6-9-24-10-7-18/h4,18-19H,1-3,5-16H2. The molecule has 1 amide bonds. The Morgan fingerprint density at radius 3 is 2.77 bits per heavy atom. The van der Waals surface area contributed by atoms with Gasteiger partial charge in [-0.2, -0.15) is 0 Å². The second-order valence-electron chi connectivity index (χ2n) is 8.53. The Kier molecular flexibility index (Phi) is 5.97. The Morgan fingerprint density at radius 1 is 1.15 bits per heavy atom. The van der Waals surface area contributed by atoms with Gasteiger partial charge in [-0.05, 0) is 50.9 Å². The maximum absolute atomic E-state index is 12.5. The van der Waals surface area contributed by atoms with Crippen molar-refractivity contribution >= 4 is 5.91 Å². The summed E-state index contributed by atoms with van der Waals surface area (Å²) in [6, 6.07) is 0. The minimum Gasteiger partial charge on any atom is -0.381 e. The summed E-state index contributed by atoms with van der Waals surface area (Å²) in [4.78, 5) is 14.5. The van der Waals surface area contributed by atoms with Gasteiger partial charge in [0.2, 0.25) is 5.91 Å². The van der Waals surface area contributed by atoms with Crippen LogP contribution in [0.25, 0.3) is 0 Å². The monoisotopic (exact) mass is 363 g/mol. The van der Waals surface area contributed by atoms with Gasteiger partial charge in [-0.3, -0.25) is 4.79 Å². The number of nitrogens with zero attached hydrogens (tertiary/aromatic N) is 1. The first kappa shape index (κ1) is 18.5. The van der Waals surface area contributed by atoms with Crippen molar-refractivity contribution in [2.45, 2.75) is 57.0 Å². The molecule has 146 valence electrons.